The van der Waals surface area contributed by atoms with Gasteiger partial charge in [-0.1, -0.05) is 227 Å². The van der Waals surface area contributed by atoms with E-state index < -0.39 is 62.4 Å². The van der Waals surface area contributed by atoms with Gasteiger partial charge in [0.2, 0.25) is 0 Å². The lowest BCUT2D eigenvalue weighted by Crippen LogP contribution is -2.73. The lowest BCUT2D eigenvalue weighted by atomic mass is 9.72. The van der Waals surface area contributed by atoms with E-state index in [1.165, 1.54) is 21.9 Å². The zero-order valence-corrected chi connectivity index (χ0v) is 46.1. The molecule has 4 aromatic rings. The second kappa shape index (κ2) is 14.9. The molecule has 3 heterocycles. The van der Waals surface area contributed by atoms with Gasteiger partial charge in [-0.25, -0.2) is 0 Å². The van der Waals surface area contributed by atoms with E-state index in [-0.39, 0.29) is 5.92 Å². The Morgan fingerprint density at radius 2 is 0.842 bits per heavy atom. The molecule has 0 aliphatic carbocycles. The van der Waals surface area contributed by atoms with Crippen LogP contribution >= 0.6 is 0 Å². The van der Waals surface area contributed by atoms with Crippen LogP contribution in [0.15, 0.2) is 109 Å². The number of hydrogen-bond donors (Lipinski definition) is 0. The maximum absolute atomic E-state index is 8.64. The summed E-state index contributed by atoms with van der Waals surface area (Å²) in [4.78, 5) is 0. The van der Waals surface area contributed by atoms with Crippen molar-refractivity contribution in [1.29, 1.82) is 0 Å². The van der Waals surface area contributed by atoms with Crippen LogP contribution < -0.4 is 10.4 Å². The highest BCUT2D eigenvalue weighted by molar-refractivity contribution is 7.05. The van der Waals surface area contributed by atoms with Crippen LogP contribution in [-0.2, 0) is 10.0 Å². The SMILES string of the molecule is C[Si](C)(C)C(c1cc(C([Si](C)(C)C)[Si](C)(C)C)c([Si@@]23C=C[C@@H](c4ccccc42)C(c2ccccc2)(c2ccccc2)O3)c(C([Si](C)(C)C)[Si](C)(C)C)c1)[Si](C)(C)C. The summed E-state index contributed by atoms with van der Waals surface area (Å²) in [6.45, 7) is 48.3. The molecule has 8 heteroatoms. The van der Waals surface area contributed by atoms with E-state index in [9.17, 15) is 0 Å². The van der Waals surface area contributed by atoms with Gasteiger partial charge in [-0.15, -0.1) is 0 Å². The molecule has 7 rings (SSSR count). The molecule has 0 fully saturated rings. The number of benzene rings is 4. The van der Waals surface area contributed by atoms with Gasteiger partial charge in [0.05, 0.1) is 0 Å². The summed E-state index contributed by atoms with van der Waals surface area (Å²) in [5.74, 6) is 0.0803. The van der Waals surface area contributed by atoms with Crippen LogP contribution in [0.5, 0.6) is 0 Å². The molecule has 0 spiro atoms. The van der Waals surface area contributed by atoms with Gasteiger partial charge in [0, 0.05) is 54.4 Å². The average molecular weight is 878 g/mol. The highest BCUT2D eigenvalue weighted by Gasteiger charge is 2.62. The van der Waals surface area contributed by atoms with Crippen LogP contribution in [0.3, 0.4) is 0 Å². The topological polar surface area (TPSA) is 9.23 Å². The van der Waals surface area contributed by atoms with Gasteiger partial charge in [-0.05, 0) is 59.2 Å². The molecule has 57 heavy (non-hydrogen) atoms. The first-order chi connectivity index (χ1) is 26.1. The molecule has 3 aliphatic heterocycles. The van der Waals surface area contributed by atoms with E-state index in [0.29, 0.717) is 15.5 Å². The van der Waals surface area contributed by atoms with E-state index in [0.717, 1.165) is 0 Å². The van der Waals surface area contributed by atoms with Crippen LogP contribution in [0.2, 0.25) is 118 Å². The third-order valence-electron chi connectivity index (χ3n) is 13.1. The molecule has 0 N–H and O–H groups in total. The minimum Gasteiger partial charge on any atom is -0.390 e. The smallest absolute Gasteiger partial charge is 0.282 e. The molecule has 0 radical (unpaired) electrons. The fourth-order valence-corrected chi connectivity index (χ4v) is 56.4. The Labute approximate surface area is 356 Å². The van der Waals surface area contributed by atoms with E-state index in [1.807, 2.05) is 0 Å². The van der Waals surface area contributed by atoms with E-state index in [4.69, 9.17) is 4.43 Å². The zero-order valence-electron chi connectivity index (χ0n) is 39.1. The average Bonchev–Trinajstić information content (AvgIpc) is 3.05. The lowest BCUT2D eigenvalue weighted by molar-refractivity contribution is 0.0802. The Hall–Kier alpha value is -1.90. The minimum atomic E-state index is -3.14. The summed E-state index contributed by atoms with van der Waals surface area (Å²) in [7, 11) is -13.6. The monoisotopic (exact) mass is 876 g/mol. The summed E-state index contributed by atoms with van der Waals surface area (Å²) in [5.41, 5.74) is 11.2. The van der Waals surface area contributed by atoms with Crippen molar-refractivity contribution in [2.75, 3.05) is 0 Å². The molecule has 0 aromatic heterocycles. The highest BCUT2D eigenvalue weighted by atomic mass is 28.4. The largest absolute Gasteiger partial charge is 0.390 e. The van der Waals surface area contributed by atoms with Crippen molar-refractivity contribution < 1.29 is 4.43 Å². The van der Waals surface area contributed by atoms with Crippen molar-refractivity contribution >= 4 is 67.1 Å². The third kappa shape index (κ3) is 8.05. The Morgan fingerprint density at radius 3 is 1.23 bits per heavy atom. The zero-order chi connectivity index (χ0) is 42.4. The summed E-state index contributed by atoms with van der Waals surface area (Å²) >= 11 is 0. The van der Waals surface area contributed by atoms with Gasteiger partial charge >= 0.3 is 0 Å². The van der Waals surface area contributed by atoms with Crippen LogP contribution in [-0.4, -0.2) is 56.8 Å². The fraction of sp³-hybridized carbons (Fsp3) is 0.469. The first kappa shape index (κ1) is 44.6. The van der Waals surface area contributed by atoms with Gasteiger partial charge in [0.25, 0.3) is 8.32 Å². The molecule has 2 atom stereocenters. The number of fused-ring (bicyclic) bond motifs is 1. The maximum atomic E-state index is 8.64. The first-order valence-corrected chi connectivity index (χ1v) is 45.3. The predicted octanol–water partition coefficient (Wildman–Crippen LogP) is 13.4. The molecule has 4 aromatic carbocycles. The van der Waals surface area contributed by atoms with E-state index in [2.05, 4.69) is 227 Å². The van der Waals surface area contributed by atoms with Crippen LogP contribution in [0.1, 0.15) is 54.8 Å². The van der Waals surface area contributed by atoms with Gasteiger partial charge < -0.3 is 4.43 Å². The summed E-state index contributed by atoms with van der Waals surface area (Å²) in [5, 5.41) is 5.00. The van der Waals surface area contributed by atoms with Crippen molar-refractivity contribution in [3.63, 3.8) is 0 Å². The Balaban J connectivity index is 1.92. The predicted molar refractivity (Wildman–Crippen MR) is 273 cm³/mol. The van der Waals surface area contributed by atoms with Crippen LogP contribution in [0, 0.1) is 0 Å². The van der Waals surface area contributed by atoms with Crippen molar-refractivity contribution in [2.24, 2.45) is 0 Å². The van der Waals surface area contributed by atoms with Crippen molar-refractivity contribution in [1.82, 2.24) is 0 Å². The summed E-state index contributed by atoms with van der Waals surface area (Å²) < 4.78 is 8.64. The first-order valence-electron chi connectivity index (χ1n) is 21.8. The Bertz CT molecular complexity index is 1970. The van der Waals surface area contributed by atoms with Gasteiger partial charge in [0.1, 0.15) is 5.60 Å². The van der Waals surface area contributed by atoms with Gasteiger partial charge in [-0.2, -0.15) is 0 Å². The number of hydrogen-bond acceptors (Lipinski definition) is 1. The molecule has 2 bridgehead atoms. The Morgan fingerprint density at radius 1 is 0.474 bits per heavy atom. The highest BCUT2D eigenvalue weighted by Crippen LogP contribution is 2.55. The standard InChI is InChI=1S/C49H76OSi7/c1-51(2,3)46(52(4,5)6)37-35-41(47(53(7,8)9)54(10,11)12)45(42(36-37)48(55(13,14)15)56(16,17)18)57-34-33-43(40-31-25-26-32-44(40)57)49(50-57,38-27-21-19-22-28-38)39-29-23-20-24-30-39/h19-36,43,46-48H,1-18H3/t43-,57+/m0/s1. The molecule has 0 amide bonds. The van der Waals surface area contributed by atoms with Crippen LogP contribution in [0.4, 0.5) is 0 Å². The van der Waals surface area contributed by atoms with E-state index >= 15 is 0 Å². The molecule has 1 nitrogen and oxygen atoms in total. The lowest BCUT2D eigenvalue weighted by Gasteiger charge is -2.57. The fourth-order valence-electron chi connectivity index (χ4n) is 13.1. The second-order valence-electron chi connectivity index (χ2n) is 24.3. The number of rotatable bonds is 12. The van der Waals surface area contributed by atoms with Crippen molar-refractivity contribution in [3.8, 4) is 0 Å². The molecule has 0 saturated heterocycles. The second-order valence-corrected chi connectivity index (χ2v) is 60.9. The minimum absolute atomic E-state index is 0.0803. The molecular weight excluding hydrogens is 801 g/mol. The van der Waals surface area contributed by atoms with Crippen molar-refractivity contribution in [3.05, 3.63) is 142 Å². The van der Waals surface area contributed by atoms with Gasteiger partial charge in [-0.3, -0.25) is 0 Å². The Kier molecular flexibility index (Phi) is 11.7. The van der Waals surface area contributed by atoms with Gasteiger partial charge in [0.15, 0.2) is 0 Å². The summed E-state index contributed by atoms with van der Waals surface area (Å²) in [6, 6.07) is 38.0. The maximum Gasteiger partial charge on any atom is 0.282 e. The van der Waals surface area contributed by atoms with Crippen LogP contribution in [0.25, 0.3) is 0 Å². The molecular formula is C49H76OSi7. The normalized spacial score (nSPS) is 20.1. The van der Waals surface area contributed by atoms with E-state index in [1.54, 1.807) is 21.9 Å². The molecule has 0 unspecified atom stereocenters. The third-order valence-corrected chi connectivity index (χ3v) is 44.9. The van der Waals surface area contributed by atoms with Crippen molar-refractivity contribution in [2.45, 2.75) is 145 Å². The summed E-state index contributed by atoms with van der Waals surface area (Å²) in [6.07, 6.45) is 2.64. The molecule has 306 valence electrons. The quantitative estimate of drug-likeness (QED) is 0.129. The molecule has 0 saturated carbocycles. The molecule has 3 aliphatic rings.